The molecule has 1 aromatic heterocycles. The molecular weight excluding hydrogens is 272 g/mol. The normalized spacial score (nSPS) is 17.8. The van der Waals surface area contributed by atoms with Crippen molar-refractivity contribution in [1.82, 2.24) is 9.88 Å². The molecule has 0 saturated carbocycles. The molecule has 2 aromatic rings. The maximum absolute atomic E-state index is 12.4. The number of amides is 1. The Morgan fingerprint density at radius 1 is 1.48 bits per heavy atom. The van der Waals surface area contributed by atoms with Crippen LogP contribution in [0, 0.1) is 0 Å². The van der Waals surface area contributed by atoms with Gasteiger partial charge in [-0.1, -0.05) is 6.07 Å². The van der Waals surface area contributed by atoms with Gasteiger partial charge in [0.05, 0.1) is 19.2 Å². The Bertz CT molecular complexity index is 720. The Morgan fingerprint density at radius 3 is 2.95 bits per heavy atom. The third kappa shape index (κ3) is 2.22. The second kappa shape index (κ2) is 5.12. The summed E-state index contributed by atoms with van der Waals surface area (Å²) < 4.78 is 11.9. The lowest BCUT2D eigenvalue weighted by atomic mass is 10.2. The molecule has 1 saturated heterocycles. The molecule has 1 fully saturated rings. The van der Waals surface area contributed by atoms with Gasteiger partial charge in [-0.05, 0) is 18.2 Å². The van der Waals surface area contributed by atoms with E-state index in [1.165, 1.54) is 0 Å². The van der Waals surface area contributed by atoms with E-state index in [9.17, 15) is 9.59 Å². The summed E-state index contributed by atoms with van der Waals surface area (Å²) >= 11 is 0. The highest BCUT2D eigenvalue weighted by Gasteiger charge is 2.29. The lowest BCUT2D eigenvalue weighted by Gasteiger charge is -2.09. The van der Waals surface area contributed by atoms with E-state index in [1.54, 1.807) is 17.7 Å². The zero-order valence-electron chi connectivity index (χ0n) is 11.9. The lowest BCUT2D eigenvalue weighted by Crippen LogP contribution is -2.38. The molecule has 6 nitrogen and oxygen atoms in total. The molecule has 1 aliphatic heterocycles. The number of ether oxygens (including phenoxy) is 2. The van der Waals surface area contributed by atoms with Crippen molar-refractivity contribution in [2.24, 2.45) is 7.05 Å². The number of esters is 1. The summed E-state index contributed by atoms with van der Waals surface area (Å²) in [5, 5.41) is 3.57. The van der Waals surface area contributed by atoms with Crippen molar-refractivity contribution < 1.29 is 19.1 Å². The lowest BCUT2D eigenvalue weighted by molar-refractivity contribution is -0.139. The third-order valence-electron chi connectivity index (χ3n) is 3.74. The minimum atomic E-state index is -0.558. The number of cyclic esters (lactones) is 1. The predicted octanol–water partition coefficient (Wildman–Crippen LogP) is 1.23. The second-order valence-electron chi connectivity index (χ2n) is 4.96. The summed E-state index contributed by atoms with van der Waals surface area (Å²) in [6, 6.07) is 6.84. The van der Waals surface area contributed by atoms with Crippen LogP contribution in [0.25, 0.3) is 10.9 Å². The average Bonchev–Trinajstić information content (AvgIpc) is 3.03. The van der Waals surface area contributed by atoms with Crippen molar-refractivity contribution in [1.29, 1.82) is 0 Å². The van der Waals surface area contributed by atoms with Gasteiger partial charge in [-0.3, -0.25) is 4.79 Å². The van der Waals surface area contributed by atoms with Gasteiger partial charge >= 0.3 is 5.97 Å². The summed E-state index contributed by atoms with van der Waals surface area (Å²) in [5.74, 6) is 0.0433. The zero-order valence-corrected chi connectivity index (χ0v) is 11.9. The van der Waals surface area contributed by atoms with Crippen LogP contribution in [0.4, 0.5) is 0 Å². The number of hydrogen-bond donors (Lipinski definition) is 1. The van der Waals surface area contributed by atoms with Crippen LogP contribution in [-0.2, 0) is 16.6 Å². The molecule has 1 amide bonds. The number of carbonyl (C=O) groups is 2. The van der Waals surface area contributed by atoms with Crippen molar-refractivity contribution >= 4 is 22.8 Å². The Morgan fingerprint density at radius 2 is 2.29 bits per heavy atom. The van der Waals surface area contributed by atoms with Gasteiger partial charge in [0.15, 0.2) is 0 Å². The number of carbonyl (C=O) groups excluding carboxylic acids is 2. The molecule has 6 heteroatoms. The molecule has 1 N–H and O–H groups in total. The highest BCUT2D eigenvalue weighted by molar-refractivity contribution is 6.01. The van der Waals surface area contributed by atoms with E-state index >= 15 is 0 Å². The number of nitrogens with one attached hydrogen (secondary N) is 1. The van der Waals surface area contributed by atoms with E-state index < -0.39 is 6.04 Å². The van der Waals surface area contributed by atoms with Crippen LogP contribution < -0.4 is 10.1 Å². The fraction of sp³-hybridized carbons (Fsp3) is 0.333. The van der Waals surface area contributed by atoms with Crippen LogP contribution in [-0.4, -0.2) is 36.2 Å². The Balaban J connectivity index is 1.94. The molecule has 21 heavy (non-hydrogen) atoms. The molecule has 0 bridgehead atoms. The average molecular weight is 288 g/mol. The van der Waals surface area contributed by atoms with Crippen LogP contribution in [0.5, 0.6) is 5.75 Å². The molecule has 0 radical (unpaired) electrons. The molecule has 2 heterocycles. The minimum absolute atomic E-state index is 0.292. The quantitative estimate of drug-likeness (QED) is 0.863. The van der Waals surface area contributed by atoms with Crippen molar-refractivity contribution in [3.63, 3.8) is 0 Å². The summed E-state index contributed by atoms with van der Waals surface area (Å²) in [7, 11) is 3.40. The summed E-state index contributed by atoms with van der Waals surface area (Å²) in [4.78, 5) is 23.8. The smallest absolute Gasteiger partial charge is 0.328 e. The number of hydrogen-bond acceptors (Lipinski definition) is 4. The van der Waals surface area contributed by atoms with Crippen molar-refractivity contribution in [3.8, 4) is 5.75 Å². The number of nitrogens with zero attached hydrogens (tertiary/aromatic N) is 1. The molecule has 1 aliphatic rings. The Kier molecular flexibility index (Phi) is 3.29. The molecular formula is C15H16N2O4. The number of methoxy groups -OCH3 is 1. The van der Waals surface area contributed by atoms with Crippen molar-refractivity contribution in [3.05, 3.63) is 30.0 Å². The van der Waals surface area contributed by atoms with Crippen LogP contribution in [0.2, 0.25) is 0 Å². The van der Waals surface area contributed by atoms with E-state index in [0.29, 0.717) is 24.5 Å². The zero-order chi connectivity index (χ0) is 15.0. The minimum Gasteiger partial charge on any atom is -0.496 e. The topological polar surface area (TPSA) is 69.6 Å². The first-order valence-electron chi connectivity index (χ1n) is 6.71. The predicted molar refractivity (Wildman–Crippen MR) is 76.3 cm³/mol. The van der Waals surface area contributed by atoms with E-state index in [-0.39, 0.29) is 11.9 Å². The van der Waals surface area contributed by atoms with E-state index in [4.69, 9.17) is 9.47 Å². The largest absolute Gasteiger partial charge is 0.496 e. The first kappa shape index (κ1) is 13.5. The molecule has 1 aromatic carbocycles. The number of aromatic nitrogens is 1. The molecule has 1 atom stereocenters. The number of benzene rings is 1. The van der Waals surface area contributed by atoms with Crippen molar-refractivity contribution in [2.45, 2.75) is 12.5 Å². The van der Waals surface area contributed by atoms with Gasteiger partial charge in [0.25, 0.3) is 5.91 Å². The van der Waals surface area contributed by atoms with Crippen LogP contribution in [0.15, 0.2) is 24.3 Å². The Labute approximate surface area is 121 Å². The van der Waals surface area contributed by atoms with Gasteiger partial charge in [-0.25, -0.2) is 4.79 Å². The summed E-state index contributed by atoms with van der Waals surface area (Å²) in [6.07, 6.45) is 0.512. The number of aryl methyl sites for hydroxylation is 1. The first-order valence-corrected chi connectivity index (χ1v) is 6.71. The van der Waals surface area contributed by atoms with E-state index in [2.05, 4.69) is 5.32 Å². The third-order valence-corrected chi connectivity index (χ3v) is 3.74. The van der Waals surface area contributed by atoms with Gasteiger partial charge in [0.1, 0.15) is 17.5 Å². The molecule has 1 unspecified atom stereocenters. The van der Waals surface area contributed by atoms with Gasteiger partial charge < -0.3 is 19.4 Å². The summed E-state index contributed by atoms with van der Waals surface area (Å²) in [5.41, 5.74) is 1.38. The molecule has 3 rings (SSSR count). The fourth-order valence-corrected chi connectivity index (χ4v) is 2.59. The maximum Gasteiger partial charge on any atom is 0.328 e. The summed E-state index contributed by atoms with van der Waals surface area (Å²) in [6.45, 7) is 0.354. The van der Waals surface area contributed by atoms with Gasteiger partial charge in [-0.15, -0.1) is 0 Å². The standard InChI is InChI=1S/C15H16N2O4/c1-17-11-4-3-5-13(20-2)9(11)8-12(17)14(18)16-10-6-7-21-15(10)19/h3-5,8,10H,6-7H2,1-2H3,(H,16,18). The van der Waals surface area contributed by atoms with Crippen molar-refractivity contribution in [2.75, 3.05) is 13.7 Å². The van der Waals surface area contributed by atoms with Crippen LogP contribution >= 0.6 is 0 Å². The highest BCUT2D eigenvalue weighted by atomic mass is 16.5. The monoisotopic (exact) mass is 288 g/mol. The second-order valence-corrected chi connectivity index (χ2v) is 4.96. The highest BCUT2D eigenvalue weighted by Crippen LogP contribution is 2.28. The van der Waals surface area contributed by atoms with Gasteiger partial charge in [0.2, 0.25) is 0 Å². The maximum atomic E-state index is 12.4. The first-order chi connectivity index (χ1) is 10.1. The molecule has 110 valence electrons. The molecule has 0 spiro atoms. The SMILES string of the molecule is COc1cccc2c1cc(C(=O)NC1CCOC1=O)n2C. The van der Waals surface area contributed by atoms with E-state index in [0.717, 1.165) is 10.9 Å². The number of rotatable bonds is 3. The van der Waals surface area contributed by atoms with E-state index in [1.807, 2.05) is 25.2 Å². The fourth-order valence-electron chi connectivity index (χ4n) is 2.59. The molecule has 0 aliphatic carbocycles. The van der Waals surface area contributed by atoms with Gasteiger partial charge in [-0.2, -0.15) is 0 Å². The van der Waals surface area contributed by atoms with Crippen LogP contribution in [0.3, 0.4) is 0 Å². The van der Waals surface area contributed by atoms with Gasteiger partial charge in [0, 0.05) is 18.9 Å². The number of fused-ring (bicyclic) bond motifs is 1. The Hall–Kier alpha value is -2.50. The van der Waals surface area contributed by atoms with Crippen LogP contribution in [0.1, 0.15) is 16.9 Å².